The summed E-state index contributed by atoms with van der Waals surface area (Å²) in [5, 5.41) is 13.9. The summed E-state index contributed by atoms with van der Waals surface area (Å²) >= 11 is 0. The van der Waals surface area contributed by atoms with Gasteiger partial charge in [-0.2, -0.15) is 5.10 Å². The van der Waals surface area contributed by atoms with Crippen LogP contribution in [0.1, 0.15) is 71.0 Å². The maximum Gasteiger partial charge on any atom is 0.262 e. The Morgan fingerprint density at radius 3 is 2.57 bits per heavy atom. The third-order valence-corrected chi connectivity index (χ3v) is 10.3. The molecule has 1 unspecified atom stereocenters. The van der Waals surface area contributed by atoms with E-state index in [1.54, 1.807) is 18.2 Å². The number of hydrogen-bond acceptors (Lipinski definition) is 10. The summed E-state index contributed by atoms with van der Waals surface area (Å²) in [7, 11) is 0. The van der Waals surface area contributed by atoms with Gasteiger partial charge in [0, 0.05) is 62.3 Å². The molecule has 252 valence electrons. The average molecular weight is 662 g/mol. The quantitative estimate of drug-likeness (QED) is 0.180. The van der Waals surface area contributed by atoms with Gasteiger partial charge in [-0.15, -0.1) is 0 Å². The molecular weight excluding hydrogens is 622 g/mol. The molecule has 3 fully saturated rings. The lowest BCUT2D eigenvalue weighted by Gasteiger charge is -2.35. The van der Waals surface area contributed by atoms with Crippen molar-refractivity contribution in [3.63, 3.8) is 0 Å². The van der Waals surface area contributed by atoms with Crippen molar-refractivity contribution in [1.82, 2.24) is 35.3 Å². The second-order valence-corrected chi connectivity index (χ2v) is 13.5. The number of fused-ring (bicyclic) bond motifs is 2. The highest BCUT2D eigenvalue weighted by Gasteiger charge is 2.44. The fraction of sp³-hybridized carbons (Fsp3) is 0.417. The van der Waals surface area contributed by atoms with Crippen molar-refractivity contribution in [1.29, 1.82) is 0 Å². The van der Waals surface area contributed by atoms with E-state index < -0.39 is 23.8 Å². The van der Waals surface area contributed by atoms with E-state index in [9.17, 15) is 19.2 Å². The number of anilines is 2. The van der Waals surface area contributed by atoms with Crippen LogP contribution in [0, 0.1) is 12.8 Å². The number of carbonyl (C=O) groups excluding carboxylic acids is 4. The minimum absolute atomic E-state index is 0.0972. The first-order chi connectivity index (χ1) is 23.8. The fourth-order valence-electron chi connectivity index (χ4n) is 7.53. The number of nitrogens with one attached hydrogen (secondary N) is 3. The Bertz CT molecular complexity index is 1980. The van der Waals surface area contributed by atoms with Crippen molar-refractivity contribution < 1.29 is 19.2 Å². The predicted molar refractivity (Wildman–Crippen MR) is 183 cm³/mol. The van der Waals surface area contributed by atoms with Crippen LogP contribution in [-0.2, 0) is 9.59 Å². The summed E-state index contributed by atoms with van der Waals surface area (Å²) in [6.07, 6.45) is 8.41. The molecular formula is C36H39N9O4. The van der Waals surface area contributed by atoms with Crippen molar-refractivity contribution in [3.05, 3.63) is 65.6 Å². The molecule has 49 heavy (non-hydrogen) atoms. The van der Waals surface area contributed by atoms with Gasteiger partial charge in [-0.05, 0) is 81.3 Å². The SMILES string of the molecule is Cc1nn([C@H]2C[C@@H](CCCNc3ccc4c(c3)C(=O)N(C3CCC(=O)NC3=O)C4=O)C2)cc1-c1cnc2cc(N3CCNCC3)ccc2n1. The second-order valence-electron chi connectivity index (χ2n) is 13.5. The molecule has 8 rings (SSSR count). The Hall–Kier alpha value is -5.17. The molecule has 1 aliphatic carbocycles. The number of benzene rings is 2. The number of nitrogens with zero attached hydrogens (tertiary/aromatic N) is 6. The molecule has 4 aromatic rings. The molecule has 0 bridgehead atoms. The molecule has 3 aliphatic heterocycles. The number of piperazine rings is 1. The number of imide groups is 2. The zero-order valence-electron chi connectivity index (χ0n) is 27.4. The fourth-order valence-corrected chi connectivity index (χ4v) is 7.53. The van der Waals surface area contributed by atoms with E-state index in [0.717, 1.165) is 97.0 Å². The Labute approximate surface area is 283 Å². The Balaban J connectivity index is 0.825. The molecule has 5 heterocycles. The summed E-state index contributed by atoms with van der Waals surface area (Å²) in [5.74, 6) is -1.37. The van der Waals surface area contributed by atoms with Crippen molar-refractivity contribution in [2.24, 2.45) is 5.92 Å². The molecule has 1 saturated carbocycles. The maximum absolute atomic E-state index is 13.1. The Morgan fingerprint density at radius 1 is 0.939 bits per heavy atom. The smallest absolute Gasteiger partial charge is 0.262 e. The van der Waals surface area contributed by atoms with E-state index >= 15 is 0 Å². The zero-order valence-corrected chi connectivity index (χ0v) is 27.4. The normalized spacial score (nSPS) is 22.3. The van der Waals surface area contributed by atoms with E-state index in [2.05, 4.69) is 49.9 Å². The molecule has 3 N–H and O–H groups in total. The van der Waals surface area contributed by atoms with E-state index in [0.29, 0.717) is 12.0 Å². The molecule has 13 nitrogen and oxygen atoms in total. The van der Waals surface area contributed by atoms with Gasteiger partial charge in [-0.25, -0.2) is 4.98 Å². The van der Waals surface area contributed by atoms with Gasteiger partial charge in [-0.1, -0.05) is 0 Å². The van der Waals surface area contributed by atoms with Crippen LogP contribution in [0.2, 0.25) is 0 Å². The van der Waals surface area contributed by atoms with Gasteiger partial charge in [0.25, 0.3) is 11.8 Å². The molecule has 2 saturated heterocycles. The van der Waals surface area contributed by atoms with Crippen molar-refractivity contribution in [2.45, 2.75) is 57.5 Å². The second kappa shape index (κ2) is 12.7. The Kier molecular flexibility index (Phi) is 8.06. The maximum atomic E-state index is 13.1. The summed E-state index contributed by atoms with van der Waals surface area (Å²) in [6.45, 7) is 6.74. The predicted octanol–water partition coefficient (Wildman–Crippen LogP) is 3.46. The monoisotopic (exact) mass is 661 g/mol. The topological polar surface area (TPSA) is 154 Å². The molecule has 4 aliphatic rings. The molecule has 13 heteroatoms. The van der Waals surface area contributed by atoms with Crippen LogP contribution in [0.5, 0.6) is 0 Å². The highest BCUT2D eigenvalue weighted by molar-refractivity contribution is 6.23. The lowest BCUT2D eigenvalue weighted by molar-refractivity contribution is -0.136. The lowest BCUT2D eigenvalue weighted by atomic mass is 9.77. The molecule has 2 aromatic carbocycles. The molecule has 0 radical (unpaired) electrons. The van der Waals surface area contributed by atoms with Crippen molar-refractivity contribution in [3.8, 4) is 11.3 Å². The highest BCUT2D eigenvalue weighted by atomic mass is 16.2. The first kappa shape index (κ1) is 31.1. The molecule has 0 spiro atoms. The minimum atomic E-state index is -0.964. The molecule has 1 atom stereocenters. The van der Waals surface area contributed by atoms with Gasteiger partial charge in [-0.3, -0.25) is 39.1 Å². The number of rotatable bonds is 9. The van der Waals surface area contributed by atoms with Crippen LogP contribution in [0.25, 0.3) is 22.3 Å². The van der Waals surface area contributed by atoms with Crippen LogP contribution in [0.4, 0.5) is 11.4 Å². The number of piperidine rings is 1. The van der Waals surface area contributed by atoms with Gasteiger partial charge >= 0.3 is 0 Å². The molecule has 4 amide bonds. The number of aryl methyl sites for hydroxylation is 1. The van der Waals surface area contributed by atoms with Gasteiger partial charge in [0.2, 0.25) is 11.8 Å². The first-order valence-corrected chi connectivity index (χ1v) is 17.2. The minimum Gasteiger partial charge on any atom is -0.385 e. The van der Waals surface area contributed by atoms with E-state index in [4.69, 9.17) is 15.1 Å². The van der Waals surface area contributed by atoms with Crippen molar-refractivity contribution in [2.75, 3.05) is 42.9 Å². The average Bonchev–Trinajstić information content (AvgIpc) is 3.59. The summed E-state index contributed by atoms with van der Waals surface area (Å²) in [5.41, 5.74) is 7.11. The van der Waals surface area contributed by atoms with Crippen LogP contribution >= 0.6 is 0 Å². The van der Waals surface area contributed by atoms with Gasteiger partial charge in [0.15, 0.2) is 0 Å². The van der Waals surface area contributed by atoms with Crippen molar-refractivity contribution >= 4 is 46.0 Å². The van der Waals surface area contributed by atoms with Gasteiger partial charge in [0.1, 0.15) is 6.04 Å². The third kappa shape index (κ3) is 5.92. The number of amides is 4. The standard InChI is InChI=1S/C36H39N9O4/c1-21-28(31-19-39-30-18-24(5-7-29(30)40-31)43-13-11-37-12-14-43)20-44(42-21)25-15-22(16-25)3-2-10-38-23-4-6-26-27(17-23)36(49)45(35(26)48)32-8-9-33(46)41-34(32)47/h4-7,17-20,22,25,32,37-38H,2-3,8-16H2,1H3,(H,41,46,47)/t22-,25+,32?. The van der Waals surface area contributed by atoms with Crippen LogP contribution < -0.4 is 20.9 Å². The van der Waals surface area contributed by atoms with E-state index in [1.807, 2.05) is 13.1 Å². The van der Waals surface area contributed by atoms with Gasteiger partial charge in [0.05, 0.1) is 45.8 Å². The summed E-state index contributed by atoms with van der Waals surface area (Å²) in [6, 6.07) is 10.8. The highest BCUT2D eigenvalue weighted by Crippen LogP contribution is 2.41. The van der Waals surface area contributed by atoms with Crippen LogP contribution in [0.3, 0.4) is 0 Å². The molecule has 2 aromatic heterocycles. The van der Waals surface area contributed by atoms with E-state index in [-0.39, 0.29) is 29.9 Å². The number of carbonyl (C=O) groups is 4. The Morgan fingerprint density at radius 2 is 1.76 bits per heavy atom. The van der Waals surface area contributed by atoms with Crippen LogP contribution in [0.15, 0.2) is 48.8 Å². The summed E-state index contributed by atoms with van der Waals surface area (Å²) in [4.78, 5) is 63.0. The van der Waals surface area contributed by atoms with E-state index in [1.165, 1.54) is 5.69 Å². The van der Waals surface area contributed by atoms with Gasteiger partial charge < -0.3 is 15.5 Å². The zero-order chi connectivity index (χ0) is 33.6. The largest absolute Gasteiger partial charge is 0.385 e. The summed E-state index contributed by atoms with van der Waals surface area (Å²) < 4.78 is 2.10. The lowest BCUT2D eigenvalue weighted by Crippen LogP contribution is -2.54. The van der Waals surface area contributed by atoms with Crippen LogP contribution in [-0.4, -0.2) is 87.0 Å². The first-order valence-electron chi connectivity index (χ1n) is 17.2. The third-order valence-electron chi connectivity index (χ3n) is 10.3. The number of hydrogen-bond donors (Lipinski definition) is 3. The number of aromatic nitrogens is 4.